The predicted octanol–water partition coefficient (Wildman–Crippen LogP) is -0.432. The zero-order valence-corrected chi connectivity index (χ0v) is 10.6. The lowest BCUT2D eigenvalue weighted by Gasteiger charge is -2.09. The van der Waals surface area contributed by atoms with E-state index in [9.17, 15) is 9.90 Å². The standard InChI is InChI=1S/C10H12N4O3S/c1-6-2-9(16)14-10(11-6)18-8(12-14)4-13-3-7(15)5-17-13/h2,7,15H,3-5H2,1H3. The molecule has 0 bridgehead atoms. The van der Waals surface area contributed by atoms with Gasteiger partial charge in [0.15, 0.2) is 0 Å². The SMILES string of the molecule is Cc1cc(=O)n2nc(CN3CC(O)CO3)sc2n1. The van der Waals surface area contributed by atoms with E-state index in [1.807, 2.05) is 0 Å². The van der Waals surface area contributed by atoms with Crippen molar-refractivity contribution in [3.8, 4) is 0 Å². The summed E-state index contributed by atoms with van der Waals surface area (Å²) in [4.78, 5) is 21.8. The molecule has 0 aliphatic carbocycles. The first-order valence-electron chi connectivity index (χ1n) is 5.54. The second-order valence-corrected chi connectivity index (χ2v) is 5.24. The largest absolute Gasteiger partial charge is 0.389 e. The van der Waals surface area contributed by atoms with E-state index in [2.05, 4.69) is 10.1 Å². The summed E-state index contributed by atoms with van der Waals surface area (Å²) in [5, 5.41) is 15.9. The van der Waals surface area contributed by atoms with Gasteiger partial charge in [-0.1, -0.05) is 11.3 Å². The normalized spacial score (nSPS) is 20.9. The van der Waals surface area contributed by atoms with Gasteiger partial charge in [0.2, 0.25) is 4.96 Å². The molecule has 3 heterocycles. The van der Waals surface area contributed by atoms with Gasteiger partial charge in [-0.15, -0.1) is 0 Å². The molecule has 0 aromatic carbocycles. The lowest BCUT2D eigenvalue weighted by atomic mass is 10.4. The first kappa shape index (κ1) is 11.7. The average Bonchev–Trinajstić information content (AvgIpc) is 2.85. The minimum absolute atomic E-state index is 0.178. The Hall–Kier alpha value is -1.35. The second-order valence-electron chi connectivity index (χ2n) is 4.20. The van der Waals surface area contributed by atoms with Crippen LogP contribution < -0.4 is 5.56 Å². The van der Waals surface area contributed by atoms with Gasteiger partial charge in [-0.3, -0.25) is 9.63 Å². The van der Waals surface area contributed by atoms with E-state index >= 15 is 0 Å². The molecule has 0 radical (unpaired) electrons. The van der Waals surface area contributed by atoms with Crippen LogP contribution in [0.1, 0.15) is 10.7 Å². The van der Waals surface area contributed by atoms with E-state index in [-0.39, 0.29) is 5.56 Å². The molecule has 96 valence electrons. The Kier molecular flexibility index (Phi) is 2.86. The fourth-order valence-corrected chi connectivity index (χ4v) is 2.77. The number of aliphatic hydroxyl groups is 1. The van der Waals surface area contributed by atoms with Crippen molar-refractivity contribution in [3.05, 3.63) is 27.1 Å². The summed E-state index contributed by atoms with van der Waals surface area (Å²) in [6.45, 7) is 2.99. The van der Waals surface area contributed by atoms with Crippen LogP contribution in [0.3, 0.4) is 0 Å². The van der Waals surface area contributed by atoms with Gasteiger partial charge in [0.25, 0.3) is 5.56 Å². The third-order valence-electron chi connectivity index (χ3n) is 2.59. The number of nitrogens with zero attached hydrogens (tertiary/aromatic N) is 4. The summed E-state index contributed by atoms with van der Waals surface area (Å²) in [5.74, 6) is 0. The molecule has 8 heteroatoms. The van der Waals surface area contributed by atoms with Crippen LogP contribution in [0.2, 0.25) is 0 Å². The Morgan fingerprint density at radius 3 is 3.22 bits per heavy atom. The van der Waals surface area contributed by atoms with E-state index in [1.54, 1.807) is 12.0 Å². The predicted molar refractivity (Wildman–Crippen MR) is 64.2 cm³/mol. The molecule has 0 amide bonds. The second kappa shape index (κ2) is 4.39. The molecule has 2 aromatic heterocycles. The highest BCUT2D eigenvalue weighted by Crippen LogP contribution is 2.16. The van der Waals surface area contributed by atoms with Gasteiger partial charge in [0.1, 0.15) is 5.01 Å². The highest BCUT2D eigenvalue weighted by Gasteiger charge is 2.22. The number of aliphatic hydroxyl groups excluding tert-OH is 1. The maximum Gasteiger partial charge on any atom is 0.275 e. The Bertz CT molecular complexity index is 638. The molecule has 2 aromatic rings. The summed E-state index contributed by atoms with van der Waals surface area (Å²) in [7, 11) is 0. The van der Waals surface area contributed by atoms with Crippen molar-refractivity contribution in [2.45, 2.75) is 19.6 Å². The molecule has 3 rings (SSSR count). The Morgan fingerprint density at radius 1 is 1.67 bits per heavy atom. The Balaban J connectivity index is 1.89. The summed E-state index contributed by atoms with van der Waals surface area (Å²) in [6.07, 6.45) is -0.456. The molecule has 1 unspecified atom stereocenters. The molecule has 1 saturated heterocycles. The topological polar surface area (TPSA) is 80.0 Å². The van der Waals surface area contributed by atoms with Gasteiger partial charge in [-0.2, -0.15) is 14.7 Å². The lowest BCUT2D eigenvalue weighted by Crippen LogP contribution is -2.21. The van der Waals surface area contributed by atoms with Crippen LogP contribution in [-0.2, 0) is 11.4 Å². The van der Waals surface area contributed by atoms with E-state index in [0.29, 0.717) is 30.4 Å². The molecule has 0 spiro atoms. The van der Waals surface area contributed by atoms with E-state index in [1.165, 1.54) is 21.9 Å². The maximum atomic E-state index is 11.7. The molecular weight excluding hydrogens is 256 g/mol. The zero-order chi connectivity index (χ0) is 12.7. The first-order chi connectivity index (χ1) is 8.61. The van der Waals surface area contributed by atoms with Gasteiger partial charge >= 0.3 is 0 Å². The van der Waals surface area contributed by atoms with E-state index in [0.717, 1.165) is 5.01 Å². The van der Waals surface area contributed by atoms with E-state index < -0.39 is 6.10 Å². The molecular formula is C10H12N4O3S. The van der Waals surface area contributed by atoms with Gasteiger partial charge in [0.05, 0.1) is 25.8 Å². The minimum atomic E-state index is -0.456. The number of hydrogen-bond acceptors (Lipinski definition) is 7. The Labute approximate surface area is 106 Å². The van der Waals surface area contributed by atoms with Crippen LogP contribution in [0.5, 0.6) is 0 Å². The molecule has 1 aliphatic heterocycles. The van der Waals surface area contributed by atoms with Gasteiger partial charge in [-0.25, -0.2) is 4.98 Å². The third-order valence-corrected chi connectivity index (χ3v) is 3.48. The number of fused-ring (bicyclic) bond motifs is 1. The lowest BCUT2D eigenvalue weighted by molar-refractivity contribution is -0.118. The quantitative estimate of drug-likeness (QED) is 0.796. The number of aromatic nitrogens is 3. The number of hydroxylamine groups is 2. The summed E-state index contributed by atoms with van der Waals surface area (Å²) in [5.41, 5.74) is 0.505. The summed E-state index contributed by atoms with van der Waals surface area (Å²) >= 11 is 1.35. The highest BCUT2D eigenvalue weighted by atomic mass is 32.1. The van der Waals surface area contributed by atoms with Crippen molar-refractivity contribution in [1.29, 1.82) is 0 Å². The fraction of sp³-hybridized carbons (Fsp3) is 0.500. The minimum Gasteiger partial charge on any atom is -0.389 e. The number of rotatable bonds is 2. The van der Waals surface area contributed by atoms with Gasteiger partial charge in [0, 0.05) is 11.8 Å². The van der Waals surface area contributed by atoms with Crippen molar-refractivity contribution in [2.24, 2.45) is 0 Å². The van der Waals surface area contributed by atoms with Gasteiger partial charge in [-0.05, 0) is 6.92 Å². The van der Waals surface area contributed by atoms with Crippen LogP contribution >= 0.6 is 11.3 Å². The molecule has 1 atom stereocenters. The zero-order valence-electron chi connectivity index (χ0n) is 9.74. The fourth-order valence-electron chi connectivity index (χ4n) is 1.82. The third kappa shape index (κ3) is 2.15. The number of aryl methyl sites for hydroxylation is 1. The average molecular weight is 268 g/mol. The van der Waals surface area contributed by atoms with Crippen LogP contribution in [-0.4, -0.2) is 44.0 Å². The van der Waals surface area contributed by atoms with Crippen LogP contribution in [0.25, 0.3) is 4.96 Å². The Morgan fingerprint density at radius 2 is 2.50 bits per heavy atom. The van der Waals surface area contributed by atoms with Crippen molar-refractivity contribution in [1.82, 2.24) is 19.7 Å². The smallest absolute Gasteiger partial charge is 0.275 e. The molecule has 1 N–H and O–H groups in total. The molecule has 1 fully saturated rings. The highest BCUT2D eigenvalue weighted by molar-refractivity contribution is 7.16. The summed E-state index contributed by atoms with van der Waals surface area (Å²) in [6, 6.07) is 1.45. The maximum absolute atomic E-state index is 11.7. The monoisotopic (exact) mass is 268 g/mol. The van der Waals surface area contributed by atoms with Crippen molar-refractivity contribution in [2.75, 3.05) is 13.2 Å². The molecule has 7 nitrogen and oxygen atoms in total. The van der Waals surface area contributed by atoms with Crippen LogP contribution in [0.15, 0.2) is 10.9 Å². The van der Waals surface area contributed by atoms with Crippen molar-refractivity contribution >= 4 is 16.3 Å². The van der Waals surface area contributed by atoms with Gasteiger partial charge < -0.3 is 5.11 Å². The molecule has 0 saturated carbocycles. The summed E-state index contributed by atoms with van der Waals surface area (Å²) < 4.78 is 1.29. The van der Waals surface area contributed by atoms with Crippen LogP contribution in [0.4, 0.5) is 0 Å². The molecule has 1 aliphatic rings. The molecule has 18 heavy (non-hydrogen) atoms. The van der Waals surface area contributed by atoms with Crippen LogP contribution in [0, 0.1) is 6.92 Å². The van der Waals surface area contributed by atoms with E-state index in [4.69, 9.17) is 4.84 Å². The number of hydrogen-bond donors (Lipinski definition) is 1. The van der Waals surface area contributed by atoms with Crippen molar-refractivity contribution < 1.29 is 9.94 Å². The first-order valence-corrected chi connectivity index (χ1v) is 6.36. The number of β-amino-alcohol motifs (C(OH)–C–C–N with tert-alkyl or cyclic N) is 1. The van der Waals surface area contributed by atoms with Crippen molar-refractivity contribution in [3.63, 3.8) is 0 Å².